The minimum atomic E-state index is -0.788. The van der Waals surface area contributed by atoms with Crippen LogP contribution in [0.4, 0.5) is 17.1 Å². The number of carbonyl (C=O) groups is 4. The first-order chi connectivity index (χ1) is 18.2. The molecule has 0 aromatic heterocycles. The van der Waals surface area contributed by atoms with Crippen molar-refractivity contribution in [2.75, 3.05) is 22.1 Å². The Balaban J connectivity index is 1.51. The van der Waals surface area contributed by atoms with Crippen LogP contribution in [0.25, 0.3) is 0 Å². The average Bonchev–Trinajstić information content (AvgIpc) is 3.13. The summed E-state index contributed by atoms with van der Waals surface area (Å²) in [6.07, 6.45) is 0.617. The second-order valence-corrected chi connectivity index (χ2v) is 9.21. The summed E-state index contributed by atoms with van der Waals surface area (Å²) in [4.78, 5) is 52.1. The molecule has 0 bridgehead atoms. The van der Waals surface area contributed by atoms with Crippen molar-refractivity contribution in [3.63, 3.8) is 0 Å². The fourth-order valence-electron chi connectivity index (χ4n) is 3.59. The zero-order valence-electron chi connectivity index (χ0n) is 19.9. The third-order valence-electron chi connectivity index (χ3n) is 5.45. The molecule has 0 spiro atoms. The summed E-state index contributed by atoms with van der Waals surface area (Å²) in [6, 6.07) is 17.1. The van der Waals surface area contributed by atoms with Gasteiger partial charge in [-0.05, 0) is 55.0 Å². The Bertz CT molecular complexity index is 1470. The van der Waals surface area contributed by atoms with Crippen molar-refractivity contribution in [3.8, 4) is 0 Å². The number of nitrogens with one attached hydrogen (secondary N) is 2. The lowest BCUT2D eigenvalue weighted by molar-refractivity contribution is -0.120. The average molecular weight is 573 g/mol. The van der Waals surface area contributed by atoms with Crippen LogP contribution in [0.5, 0.6) is 0 Å². The van der Waals surface area contributed by atoms with Gasteiger partial charge in [0.25, 0.3) is 17.7 Å². The first-order valence-electron chi connectivity index (χ1n) is 11.4. The van der Waals surface area contributed by atoms with Crippen LogP contribution in [0.15, 0.2) is 77.5 Å². The summed E-state index contributed by atoms with van der Waals surface area (Å²) < 4.78 is 5.18. The van der Waals surface area contributed by atoms with Gasteiger partial charge in [0.05, 0.1) is 33.6 Å². The van der Waals surface area contributed by atoms with E-state index in [9.17, 15) is 19.2 Å². The molecule has 3 amide bonds. The van der Waals surface area contributed by atoms with Crippen LogP contribution < -0.4 is 15.5 Å². The van der Waals surface area contributed by atoms with Gasteiger partial charge in [-0.1, -0.05) is 59.9 Å². The van der Waals surface area contributed by atoms with E-state index in [1.807, 2.05) is 6.92 Å². The number of para-hydroxylation sites is 1. The molecule has 0 saturated carbocycles. The summed E-state index contributed by atoms with van der Waals surface area (Å²) in [6.45, 7) is 2.04. The van der Waals surface area contributed by atoms with Crippen LogP contribution in [0.2, 0.25) is 10.0 Å². The molecule has 1 aliphatic heterocycles. The van der Waals surface area contributed by atoms with E-state index in [1.54, 1.807) is 42.5 Å². The molecule has 0 aliphatic carbocycles. The maximum atomic E-state index is 13.2. The summed E-state index contributed by atoms with van der Waals surface area (Å²) in [5, 5.41) is 5.70. The van der Waals surface area contributed by atoms with Gasteiger partial charge < -0.3 is 15.4 Å². The van der Waals surface area contributed by atoms with Crippen LogP contribution in [-0.4, -0.2) is 30.3 Å². The van der Waals surface area contributed by atoms with E-state index < -0.39 is 23.7 Å². The third-order valence-corrected chi connectivity index (χ3v) is 6.62. The second kappa shape index (κ2) is 11.7. The number of halogens is 3. The quantitative estimate of drug-likeness (QED) is 0.244. The van der Waals surface area contributed by atoms with Crippen molar-refractivity contribution < 1.29 is 23.9 Å². The Morgan fingerprint density at radius 3 is 2.32 bits per heavy atom. The smallest absolute Gasteiger partial charge is 0.340 e. The number of rotatable bonds is 8. The lowest BCUT2D eigenvalue weighted by Crippen LogP contribution is -2.33. The van der Waals surface area contributed by atoms with Gasteiger partial charge in [-0.2, -0.15) is 0 Å². The number of carbonyl (C=O) groups excluding carboxylic acids is 4. The first-order valence-corrected chi connectivity index (χ1v) is 12.5. The van der Waals surface area contributed by atoms with Crippen molar-refractivity contribution >= 4 is 75.6 Å². The van der Waals surface area contributed by atoms with Gasteiger partial charge in [-0.3, -0.25) is 14.4 Å². The van der Waals surface area contributed by atoms with Gasteiger partial charge in [-0.25, -0.2) is 9.69 Å². The lowest BCUT2D eigenvalue weighted by atomic mass is 10.1. The molecule has 1 aliphatic rings. The van der Waals surface area contributed by atoms with E-state index in [-0.39, 0.29) is 33.6 Å². The van der Waals surface area contributed by atoms with Gasteiger partial charge >= 0.3 is 5.97 Å². The van der Waals surface area contributed by atoms with Gasteiger partial charge in [-0.15, -0.1) is 0 Å². The maximum Gasteiger partial charge on any atom is 0.340 e. The summed E-state index contributed by atoms with van der Waals surface area (Å²) in [5.74, 6) is -2.62. The summed E-state index contributed by atoms with van der Waals surface area (Å²) in [5.41, 5.74) is 1.01. The molecule has 0 fully saturated rings. The lowest BCUT2D eigenvalue weighted by Gasteiger charge is -2.18. The summed E-state index contributed by atoms with van der Waals surface area (Å²) in [7, 11) is 0. The minimum Gasteiger partial charge on any atom is -0.462 e. The number of ether oxygens (including phenoxy) is 1. The number of esters is 1. The van der Waals surface area contributed by atoms with Crippen molar-refractivity contribution in [2.24, 2.45) is 0 Å². The van der Waals surface area contributed by atoms with Crippen LogP contribution in [0.1, 0.15) is 34.1 Å². The van der Waals surface area contributed by atoms with Crippen LogP contribution in [-0.2, 0) is 14.3 Å². The molecule has 38 heavy (non-hydrogen) atoms. The molecular formula is C27H20Cl3N3O5. The van der Waals surface area contributed by atoms with E-state index in [4.69, 9.17) is 39.5 Å². The number of hydrogen-bond donors (Lipinski definition) is 2. The van der Waals surface area contributed by atoms with E-state index in [2.05, 4.69) is 10.6 Å². The minimum absolute atomic E-state index is 0.0588. The van der Waals surface area contributed by atoms with Crippen LogP contribution in [0.3, 0.4) is 0 Å². The molecule has 3 aromatic carbocycles. The van der Waals surface area contributed by atoms with Crippen molar-refractivity contribution in [2.45, 2.75) is 13.3 Å². The predicted octanol–water partition coefficient (Wildman–Crippen LogP) is 6.25. The fourth-order valence-corrected chi connectivity index (χ4v) is 4.15. The topological polar surface area (TPSA) is 105 Å². The molecule has 4 rings (SSSR count). The first kappa shape index (κ1) is 27.2. The highest BCUT2D eigenvalue weighted by molar-refractivity contribution is 6.53. The third kappa shape index (κ3) is 5.52. The largest absolute Gasteiger partial charge is 0.462 e. The molecular weight excluding hydrogens is 553 g/mol. The fraction of sp³-hybridized carbons (Fsp3) is 0.111. The molecule has 0 unspecified atom stereocenters. The molecule has 0 saturated heterocycles. The Hall–Kier alpha value is -3.85. The highest BCUT2D eigenvalue weighted by Gasteiger charge is 2.40. The Morgan fingerprint density at radius 1 is 0.895 bits per heavy atom. The van der Waals surface area contributed by atoms with Gasteiger partial charge in [0, 0.05) is 11.3 Å². The number of imide groups is 1. The van der Waals surface area contributed by atoms with E-state index in [0.29, 0.717) is 28.4 Å². The Labute approximate surface area is 233 Å². The number of amides is 3. The molecule has 0 radical (unpaired) electrons. The van der Waals surface area contributed by atoms with Crippen molar-refractivity contribution in [3.05, 3.63) is 98.6 Å². The van der Waals surface area contributed by atoms with E-state index in [1.165, 1.54) is 24.3 Å². The molecule has 2 N–H and O–H groups in total. The predicted molar refractivity (Wildman–Crippen MR) is 147 cm³/mol. The van der Waals surface area contributed by atoms with Crippen molar-refractivity contribution in [1.82, 2.24) is 0 Å². The molecule has 194 valence electrons. The maximum absolute atomic E-state index is 13.2. The van der Waals surface area contributed by atoms with Crippen LogP contribution >= 0.6 is 34.8 Å². The van der Waals surface area contributed by atoms with Crippen LogP contribution in [0, 0.1) is 0 Å². The van der Waals surface area contributed by atoms with Crippen molar-refractivity contribution in [1.29, 1.82) is 0 Å². The zero-order valence-corrected chi connectivity index (χ0v) is 22.2. The number of benzene rings is 3. The molecule has 11 heteroatoms. The van der Waals surface area contributed by atoms with E-state index in [0.717, 1.165) is 4.90 Å². The second-order valence-electron chi connectivity index (χ2n) is 8.05. The highest BCUT2D eigenvalue weighted by Crippen LogP contribution is 2.33. The van der Waals surface area contributed by atoms with E-state index >= 15 is 0 Å². The SMILES string of the molecule is CCCOC(=O)c1ccccc1N1C(=O)C(Cl)=C(Nc2ccc(C(=O)Nc3cccc(Cl)c3Cl)cc2)C1=O. The number of anilines is 3. The monoisotopic (exact) mass is 571 g/mol. The Morgan fingerprint density at radius 2 is 1.61 bits per heavy atom. The molecule has 8 nitrogen and oxygen atoms in total. The van der Waals surface area contributed by atoms with Gasteiger partial charge in [0.15, 0.2) is 0 Å². The summed E-state index contributed by atoms with van der Waals surface area (Å²) >= 11 is 18.3. The molecule has 0 atom stereocenters. The number of hydrogen-bond acceptors (Lipinski definition) is 6. The Kier molecular flexibility index (Phi) is 8.36. The molecule has 1 heterocycles. The normalized spacial score (nSPS) is 13.1. The number of nitrogens with zero attached hydrogens (tertiary/aromatic N) is 1. The van der Waals surface area contributed by atoms with Gasteiger partial charge in [0.2, 0.25) is 0 Å². The highest BCUT2D eigenvalue weighted by atomic mass is 35.5. The zero-order chi connectivity index (χ0) is 27.4. The standard InChI is InChI=1S/C27H20Cl3N3O5/c1-2-14-38-27(37)17-6-3-4-9-20(17)33-25(35)22(30)23(26(33)36)31-16-12-10-15(11-13-16)24(34)32-19-8-5-7-18(28)21(19)29/h3-13,31H,2,14H2,1H3,(H,32,34). The van der Waals surface area contributed by atoms with Gasteiger partial charge in [0.1, 0.15) is 10.7 Å². The molecule has 3 aromatic rings.